The predicted molar refractivity (Wildman–Crippen MR) is 73.3 cm³/mol. The number of rotatable bonds is 7. The van der Waals surface area contributed by atoms with Crippen molar-refractivity contribution in [3.05, 3.63) is 29.3 Å². The van der Waals surface area contributed by atoms with Gasteiger partial charge in [-0.1, -0.05) is 25.5 Å². The van der Waals surface area contributed by atoms with Crippen LogP contribution in [0.3, 0.4) is 0 Å². The highest BCUT2D eigenvalue weighted by molar-refractivity contribution is 5.97. The molecular weight excluding hydrogens is 228 g/mol. The summed E-state index contributed by atoms with van der Waals surface area (Å²) in [6.45, 7) is 7.92. The van der Waals surface area contributed by atoms with Gasteiger partial charge in [0.25, 0.3) is 0 Å². The highest BCUT2D eigenvalue weighted by Gasteiger charge is 2.06. The molecule has 0 aliphatic rings. The Morgan fingerprint density at radius 1 is 1.33 bits per heavy atom. The van der Waals surface area contributed by atoms with Gasteiger partial charge in [0.05, 0.1) is 12.2 Å². The van der Waals surface area contributed by atoms with Crippen molar-refractivity contribution in [2.24, 2.45) is 11.7 Å². The van der Waals surface area contributed by atoms with Crippen molar-refractivity contribution in [2.45, 2.75) is 20.8 Å². The Bertz CT molecular complexity index is 403. The fraction of sp³-hybridized carbons (Fsp3) is 0.500. The average Bonchev–Trinajstić information content (AvgIpc) is 2.29. The van der Waals surface area contributed by atoms with Crippen LogP contribution in [0.1, 0.15) is 25.0 Å². The van der Waals surface area contributed by atoms with Crippen molar-refractivity contribution < 1.29 is 9.47 Å². The topological polar surface area (TPSA) is 68.3 Å². The molecule has 0 aliphatic heterocycles. The summed E-state index contributed by atoms with van der Waals surface area (Å²) >= 11 is 0. The normalized spacial score (nSPS) is 10.7. The van der Waals surface area contributed by atoms with Crippen LogP contribution in [-0.2, 0) is 4.74 Å². The average molecular weight is 250 g/mol. The molecular formula is C14H22N2O2. The first-order chi connectivity index (χ1) is 8.50. The van der Waals surface area contributed by atoms with Crippen LogP contribution in [0.4, 0.5) is 0 Å². The summed E-state index contributed by atoms with van der Waals surface area (Å²) in [6.07, 6.45) is 0. The summed E-state index contributed by atoms with van der Waals surface area (Å²) in [6, 6.07) is 5.64. The van der Waals surface area contributed by atoms with E-state index in [4.69, 9.17) is 20.6 Å². The van der Waals surface area contributed by atoms with Crippen molar-refractivity contribution in [1.29, 1.82) is 5.41 Å². The fourth-order valence-corrected chi connectivity index (χ4v) is 1.51. The molecule has 0 bridgehead atoms. The van der Waals surface area contributed by atoms with Crippen LogP contribution >= 0.6 is 0 Å². The minimum Gasteiger partial charge on any atom is -0.490 e. The molecule has 0 aromatic heterocycles. The fourth-order valence-electron chi connectivity index (χ4n) is 1.51. The minimum absolute atomic E-state index is 0.0248. The van der Waals surface area contributed by atoms with Gasteiger partial charge >= 0.3 is 0 Å². The van der Waals surface area contributed by atoms with Crippen molar-refractivity contribution >= 4 is 5.84 Å². The molecule has 0 aliphatic carbocycles. The van der Waals surface area contributed by atoms with Crippen molar-refractivity contribution in [3.8, 4) is 5.75 Å². The highest BCUT2D eigenvalue weighted by atomic mass is 16.5. The molecule has 0 unspecified atom stereocenters. The van der Waals surface area contributed by atoms with Gasteiger partial charge in [0.1, 0.15) is 18.2 Å². The van der Waals surface area contributed by atoms with Crippen LogP contribution in [-0.4, -0.2) is 25.7 Å². The molecule has 4 heteroatoms. The largest absolute Gasteiger partial charge is 0.490 e. The van der Waals surface area contributed by atoms with E-state index in [-0.39, 0.29) is 5.84 Å². The Hall–Kier alpha value is -1.55. The zero-order chi connectivity index (χ0) is 13.5. The molecule has 0 saturated carbocycles. The molecule has 1 aromatic rings. The maximum absolute atomic E-state index is 7.51. The monoisotopic (exact) mass is 250 g/mol. The smallest absolute Gasteiger partial charge is 0.130 e. The Morgan fingerprint density at radius 2 is 2.06 bits per heavy atom. The molecule has 100 valence electrons. The van der Waals surface area contributed by atoms with Gasteiger partial charge in [-0.15, -0.1) is 0 Å². The lowest BCUT2D eigenvalue weighted by atomic mass is 10.1. The van der Waals surface area contributed by atoms with Gasteiger partial charge < -0.3 is 15.2 Å². The third-order valence-electron chi connectivity index (χ3n) is 2.36. The van der Waals surface area contributed by atoms with Crippen LogP contribution in [0.25, 0.3) is 0 Å². The van der Waals surface area contributed by atoms with E-state index in [0.29, 0.717) is 30.4 Å². The summed E-state index contributed by atoms with van der Waals surface area (Å²) in [5, 5.41) is 7.51. The number of nitrogens with one attached hydrogen (secondary N) is 1. The molecule has 0 spiro atoms. The molecule has 0 amide bonds. The lowest BCUT2D eigenvalue weighted by Crippen LogP contribution is -2.15. The summed E-state index contributed by atoms with van der Waals surface area (Å²) in [5.74, 6) is 1.19. The number of hydrogen-bond acceptors (Lipinski definition) is 3. The van der Waals surface area contributed by atoms with E-state index in [1.165, 1.54) is 0 Å². The number of amidine groups is 1. The molecule has 1 rings (SSSR count). The first-order valence-electron chi connectivity index (χ1n) is 6.16. The minimum atomic E-state index is 0.0248. The quantitative estimate of drug-likeness (QED) is 0.443. The highest BCUT2D eigenvalue weighted by Crippen LogP contribution is 2.19. The summed E-state index contributed by atoms with van der Waals surface area (Å²) in [7, 11) is 0. The van der Waals surface area contributed by atoms with Gasteiger partial charge in [-0.05, 0) is 25.0 Å². The van der Waals surface area contributed by atoms with Crippen LogP contribution in [0.5, 0.6) is 5.75 Å². The predicted octanol–water partition coefficient (Wildman–Crippen LogP) is 2.33. The van der Waals surface area contributed by atoms with E-state index in [2.05, 4.69) is 13.8 Å². The standard InChI is InChI=1S/C14H22N2O2/c1-10(2)9-17-6-7-18-13-5-4-11(3)8-12(13)14(15)16/h4-5,8,10H,6-7,9H2,1-3H3,(H3,15,16). The second-order valence-electron chi connectivity index (χ2n) is 4.73. The number of nitrogens with two attached hydrogens (primary N) is 1. The molecule has 3 N–H and O–H groups in total. The molecule has 0 fully saturated rings. The van der Waals surface area contributed by atoms with E-state index in [1.54, 1.807) is 0 Å². The van der Waals surface area contributed by atoms with Crippen LogP contribution in [0.2, 0.25) is 0 Å². The van der Waals surface area contributed by atoms with Crippen molar-refractivity contribution in [1.82, 2.24) is 0 Å². The lowest BCUT2D eigenvalue weighted by Gasteiger charge is -2.12. The maximum atomic E-state index is 7.51. The van der Waals surface area contributed by atoms with E-state index >= 15 is 0 Å². The van der Waals surface area contributed by atoms with Gasteiger partial charge in [-0.25, -0.2) is 0 Å². The van der Waals surface area contributed by atoms with Crippen LogP contribution in [0, 0.1) is 18.3 Å². The summed E-state index contributed by atoms with van der Waals surface area (Å²) in [4.78, 5) is 0. The number of nitrogen functional groups attached to an aromatic ring is 1. The number of aryl methyl sites for hydroxylation is 1. The van der Waals surface area contributed by atoms with Gasteiger partial charge in [0.2, 0.25) is 0 Å². The van der Waals surface area contributed by atoms with Gasteiger partial charge in [-0.2, -0.15) is 0 Å². The van der Waals surface area contributed by atoms with Crippen molar-refractivity contribution in [2.75, 3.05) is 19.8 Å². The van der Waals surface area contributed by atoms with Gasteiger partial charge in [-0.3, -0.25) is 5.41 Å². The second-order valence-corrected chi connectivity index (χ2v) is 4.73. The SMILES string of the molecule is Cc1ccc(OCCOCC(C)C)c(C(=N)N)c1. The van der Waals surface area contributed by atoms with Crippen LogP contribution in [0.15, 0.2) is 18.2 Å². The van der Waals surface area contributed by atoms with E-state index in [9.17, 15) is 0 Å². The Morgan fingerprint density at radius 3 is 2.67 bits per heavy atom. The van der Waals surface area contributed by atoms with Gasteiger partial charge in [0, 0.05) is 6.61 Å². The van der Waals surface area contributed by atoms with E-state index in [1.807, 2.05) is 25.1 Å². The number of hydrogen-bond donors (Lipinski definition) is 2. The third kappa shape index (κ3) is 4.75. The van der Waals surface area contributed by atoms with Crippen molar-refractivity contribution in [3.63, 3.8) is 0 Å². The molecule has 0 atom stereocenters. The number of benzene rings is 1. The molecule has 0 radical (unpaired) electrons. The molecule has 4 nitrogen and oxygen atoms in total. The molecule has 18 heavy (non-hydrogen) atoms. The summed E-state index contributed by atoms with van der Waals surface area (Å²) in [5.41, 5.74) is 7.22. The Labute approximate surface area is 109 Å². The van der Waals surface area contributed by atoms with E-state index in [0.717, 1.165) is 12.2 Å². The number of ether oxygens (including phenoxy) is 2. The first-order valence-corrected chi connectivity index (χ1v) is 6.16. The molecule has 0 heterocycles. The zero-order valence-corrected chi connectivity index (χ0v) is 11.3. The van der Waals surface area contributed by atoms with Gasteiger partial charge in [0.15, 0.2) is 0 Å². The zero-order valence-electron chi connectivity index (χ0n) is 11.3. The van der Waals surface area contributed by atoms with E-state index < -0.39 is 0 Å². The van der Waals surface area contributed by atoms with Crippen LogP contribution < -0.4 is 10.5 Å². The Balaban J connectivity index is 2.49. The Kier molecular flexibility index (Phi) is 5.65. The maximum Gasteiger partial charge on any atom is 0.130 e. The third-order valence-corrected chi connectivity index (χ3v) is 2.36. The second kappa shape index (κ2) is 7.01. The molecule has 1 aromatic carbocycles. The lowest BCUT2D eigenvalue weighted by molar-refractivity contribution is 0.0818. The molecule has 0 saturated heterocycles. The summed E-state index contributed by atoms with van der Waals surface area (Å²) < 4.78 is 11.0. The first kappa shape index (κ1) is 14.5.